The normalized spacial score (nSPS) is 22.6. The Bertz CT molecular complexity index is 5360. The number of aliphatic hydroxyl groups is 3. The first-order chi connectivity index (χ1) is 58.4. The molecule has 12 heterocycles. The molecule has 27 nitrogen and oxygen atoms in total. The van der Waals surface area contributed by atoms with E-state index in [-0.39, 0.29) is 66.2 Å². The van der Waals surface area contributed by atoms with E-state index in [1.165, 1.54) is 33.4 Å². The van der Waals surface area contributed by atoms with E-state index in [4.69, 9.17) is 19.7 Å². The molecule has 0 unspecified atom stereocenters. The van der Waals surface area contributed by atoms with Crippen LogP contribution < -0.4 is 20.0 Å². The van der Waals surface area contributed by atoms with Crippen LogP contribution in [0.5, 0.6) is 0 Å². The second-order valence-corrected chi connectivity index (χ2v) is 35.2. The van der Waals surface area contributed by atoms with Gasteiger partial charge in [-0.2, -0.15) is 30.3 Å². The number of ether oxygens (including phenoxy) is 1. The minimum Gasteiger partial charge on any atom is -0.444 e. The minimum absolute atomic E-state index is 0.146. The average molecular weight is 1640 g/mol. The van der Waals surface area contributed by atoms with E-state index in [0.29, 0.717) is 83.9 Å². The molecule has 0 radical (unpaired) electrons. The lowest BCUT2D eigenvalue weighted by Crippen LogP contribution is -2.41. The van der Waals surface area contributed by atoms with Crippen molar-refractivity contribution in [2.45, 2.75) is 222 Å². The molecule has 18 rings (SSSR count). The summed E-state index contributed by atoms with van der Waals surface area (Å²) in [7, 11) is 5.55. The first-order valence-corrected chi connectivity index (χ1v) is 43.4. The number of aliphatic imine (C=N–C) groups is 3. The lowest BCUT2D eigenvalue weighted by Gasteiger charge is -2.35. The fourth-order valence-corrected chi connectivity index (χ4v) is 19.1. The van der Waals surface area contributed by atoms with Gasteiger partial charge < -0.3 is 49.9 Å². The summed E-state index contributed by atoms with van der Waals surface area (Å²) in [4.78, 5) is 103. The highest BCUT2D eigenvalue weighted by molar-refractivity contribution is 6.15. The molecule has 3 aromatic carbocycles. The monoisotopic (exact) mass is 1640 g/mol. The topological polar surface area (TPSA) is 313 Å². The largest absolute Gasteiger partial charge is 0.444 e. The van der Waals surface area contributed by atoms with Crippen LogP contribution in [0.3, 0.4) is 0 Å². The first-order valence-electron chi connectivity index (χ1n) is 43.4. The Hall–Kier alpha value is -11.3. The second-order valence-electron chi connectivity index (χ2n) is 35.2. The highest BCUT2D eigenvalue weighted by Crippen LogP contribution is 2.44. The number of rotatable bonds is 12. The molecule has 6 fully saturated rings. The summed E-state index contributed by atoms with van der Waals surface area (Å²) in [5.41, 5.74) is 16.6. The zero-order chi connectivity index (χ0) is 84.2. The van der Waals surface area contributed by atoms with Gasteiger partial charge in [-0.15, -0.1) is 0 Å². The molecular weight excluding hydrogens is 1530 g/mol. The smallest absolute Gasteiger partial charge is 0.410 e. The van der Waals surface area contributed by atoms with Crippen LogP contribution in [-0.2, 0) is 49.9 Å². The van der Waals surface area contributed by atoms with Gasteiger partial charge in [0.1, 0.15) is 23.1 Å². The maximum atomic E-state index is 13.6. The van der Waals surface area contributed by atoms with E-state index in [2.05, 4.69) is 105 Å². The maximum Gasteiger partial charge on any atom is 0.410 e. The number of benzene rings is 3. The number of likely N-dealkylation sites (tertiary alicyclic amines) is 2. The SMILES string of the molecule is CC(=O)N1CCC(c2ccc3c(c2)CC(=NC(=O)c2ccnc(-c4cnn(C)c4)c2)N3C2CCC(O)CC2)CC1.Cn1cc(-c2cc(C(=O)N=C3Cc4cc(C5CCN(C(=O)OC(C)(C)C)CC5)ccc4N3C3CCC(O)CC3)ccn2)cn1.Cn1cc(-c2cc(C(=O)N=C3Cc4cc(C5CCNCC5)ccc4N3C3CCC(O)CC3)ccn2)cn1. The molecule has 27 heteroatoms. The summed E-state index contributed by atoms with van der Waals surface area (Å²) in [6.45, 7) is 12.4. The summed E-state index contributed by atoms with van der Waals surface area (Å²) < 4.78 is 10.7. The van der Waals surface area contributed by atoms with Crippen LogP contribution in [0.1, 0.15) is 225 Å². The molecule has 0 atom stereocenters. The zero-order valence-electron chi connectivity index (χ0n) is 70.5. The molecule has 3 aliphatic carbocycles. The molecule has 632 valence electrons. The number of anilines is 3. The van der Waals surface area contributed by atoms with Gasteiger partial charge in [-0.25, -0.2) is 4.79 Å². The number of aromatic nitrogens is 9. The Kier molecular flexibility index (Phi) is 25.2. The summed E-state index contributed by atoms with van der Waals surface area (Å²) >= 11 is 0. The highest BCUT2D eigenvalue weighted by Gasteiger charge is 2.40. The molecule has 6 aromatic heterocycles. The van der Waals surface area contributed by atoms with Gasteiger partial charge in [0, 0.05) is 179 Å². The van der Waals surface area contributed by atoms with E-state index in [9.17, 15) is 39.3 Å². The number of amides is 5. The van der Waals surface area contributed by atoms with Crippen molar-refractivity contribution in [2.24, 2.45) is 36.1 Å². The lowest BCUT2D eigenvalue weighted by molar-refractivity contribution is -0.129. The van der Waals surface area contributed by atoms with E-state index >= 15 is 0 Å². The minimum atomic E-state index is -0.504. The van der Waals surface area contributed by atoms with Crippen molar-refractivity contribution in [2.75, 3.05) is 54.0 Å². The maximum absolute atomic E-state index is 13.6. The Morgan fingerprint density at radius 3 is 1.02 bits per heavy atom. The average Bonchev–Trinajstić information content (AvgIpc) is 1.63. The Labute approximate surface area is 707 Å². The summed E-state index contributed by atoms with van der Waals surface area (Å²) in [5, 5.41) is 46.5. The number of carbonyl (C=O) groups is 5. The van der Waals surface area contributed by atoms with Crippen molar-refractivity contribution in [3.05, 3.63) is 197 Å². The molecule has 6 aliphatic heterocycles. The van der Waals surface area contributed by atoms with Gasteiger partial charge in [0.2, 0.25) is 5.91 Å². The van der Waals surface area contributed by atoms with Crippen LogP contribution >= 0.6 is 0 Å². The van der Waals surface area contributed by atoms with Gasteiger partial charge >= 0.3 is 6.09 Å². The fourth-order valence-electron chi connectivity index (χ4n) is 19.1. The number of pyridine rings is 3. The number of nitrogens with one attached hydrogen (secondary N) is 1. The van der Waals surface area contributed by atoms with Crippen molar-refractivity contribution in [1.29, 1.82) is 0 Å². The number of piperidine rings is 3. The predicted molar refractivity (Wildman–Crippen MR) is 466 cm³/mol. The molecule has 0 bridgehead atoms. The molecule has 3 saturated carbocycles. The molecule has 4 N–H and O–H groups in total. The van der Waals surface area contributed by atoms with E-state index in [1.807, 2.05) is 70.3 Å². The predicted octanol–water partition coefficient (Wildman–Crippen LogP) is 13.5. The standard InChI is InChI=1S/C34H42N6O4.C31H36N6O3.C29H34N6O2/c1-34(2,3)44-33(43)39-15-12-22(13-16-39)23-5-10-30-25(17-23)19-31(40(30)27-6-8-28(41)9-7-27)37-32(42)24-11-14-35-29(18-24)26-20-36-38(4)21-26;1-20(38)36-13-10-21(11-14-36)22-3-8-29-24(15-22)17-30(37(29)26-4-6-27(39)7-5-26)34-31(40)23-9-12-32-28(16-23)25-18-33-35(2)19-25;1-34-18-23(17-32-34)26-15-21(10-13-31-26)29(37)33-28-16-22-14-20(19-8-11-30-12-9-19)2-7-27(22)35(28)24-3-5-25(36)6-4-24/h5,10-11,14,17-18,20-22,27-28,41H,6-9,12-13,15-16,19H2,1-4H3;3,8-9,12,15-16,18-19,21,26-27,39H,4-7,10-11,13-14,17H2,1-2H3;2,7,10,13-15,17-19,24-25,30,36H,3-6,8-9,11-12,16H2,1H3. The van der Waals surface area contributed by atoms with Crippen LogP contribution in [0.4, 0.5) is 21.9 Å². The van der Waals surface area contributed by atoms with E-state index < -0.39 is 5.60 Å². The third-order valence-electron chi connectivity index (χ3n) is 25.6. The number of hydrogen-bond donors (Lipinski definition) is 4. The van der Waals surface area contributed by atoms with Gasteiger partial charge in [0.15, 0.2) is 0 Å². The quantitative estimate of drug-likeness (QED) is 0.0883. The highest BCUT2D eigenvalue weighted by atomic mass is 16.6. The number of aryl methyl sites for hydroxylation is 3. The van der Waals surface area contributed by atoms with Crippen LogP contribution in [-0.4, -0.2) is 198 Å². The van der Waals surface area contributed by atoms with Gasteiger partial charge in [-0.05, 0) is 255 Å². The van der Waals surface area contributed by atoms with Gasteiger partial charge in [0.25, 0.3) is 17.7 Å². The molecule has 3 saturated heterocycles. The Morgan fingerprint density at radius 2 is 0.727 bits per heavy atom. The number of hydrogen-bond acceptors (Lipinski definition) is 16. The lowest BCUT2D eigenvalue weighted by atomic mass is 9.88. The second kappa shape index (κ2) is 36.6. The fraction of sp³-hybridized carbons (Fsp3) is 0.468. The van der Waals surface area contributed by atoms with Crippen molar-refractivity contribution >= 4 is 64.3 Å². The van der Waals surface area contributed by atoms with Crippen LogP contribution in [0.25, 0.3) is 33.8 Å². The summed E-state index contributed by atoms with van der Waals surface area (Å²) in [6.07, 6.45) is 32.3. The van der Waals surface area contributed by atoms with E-state index in [1.54, 1.807) is 94.5 Å². The van der Waals surface area contributed by atoms with Gasteiger partial charge in [-0.3, -0.25) is 48.2 Å². The van der Waals surface area contributed by atoms with Gasteiger partial charge in [-0.1, -0.05) is 36.4 Å². The van der Waals surface area contributed by atoms with Crippen molar-refractivity contribution in [3.63, 3.8) is 0 Å². The van der Waals surface area contributed by atoms with Gasteiger partial charge in [0.05, 0.1) is 54.0 Å². The van der Waals surface area contributed by atoms with Crippen LogP contribution in [0, 0.1) is 0 Å². The molecule has 9 aromatic rings. The zero-order valence-corrected chi connectivity index (χ0v) is 70.5. The molecule has 9 aliphatic rings. The first kappa shape index (κ1) is 83.4. The number of amidine groups is 3. The van der Waals surface area contributed by atoms with E-state index in [0.717, 1.165) is 193 Å². The summed E-state index contributed by atoms with van der Waals surface area (Å²) in [5.74, 6) is 2.99. The number of aliphatic hydroxyl groups excluding tert-OH is 3. The Morgan fingerprint density at radius 1 is 0.413 bits per heavy atom. The molecule has 121 heavy (non-hydrogen) atoms. The molecule has 0 spiro atoms. The third kappa shape index (κ3) is 19.5. The number of carbonyl (C=O) groups excluding carboxylic acids is 5. The van der Waals surface area contributed by atoms with Crippen molar-refractivity contribution in [3.8, 4) is 33.8 Å². The number of nitrogens with zero attached hydrogens (tertiary/aromatic N) is 17. The number of fused-ring (bicyclic) bond motifs is 3. The molecular formula is C94H112N18O9. The third-order valence-corrected chi connectivity index (χ3v) is 25.6. The summed E-state index contributed by atoms with van der Waals surface area (Å²) in [6, 6.07) is 31.3. The Balaban J connectivity index is 0.000000135. The molecule has 5 amide bonds. The van der Waals surface area contributed by atoms with Crippen molar-refractivity contribution in [1.82, 2.24) is 59.4 Å². The van der Waals surface area contributed by atoms with Crippen molar-refractivity contribution < 1.29 is 44.0 Å². The van der Waals surface area contributed by atoms with Crippen LogP contribution in [0.15, 0.2) is 162 Å². The van der Waals surface area contributed by atoms with Crippen LogP contribution in [0.2, 0.25) is 0 Å².